The topological polar surface area (TPSA) is 74.3 Å². The summed E-state index contributed by atoms with van der Waals surface area (Å²) >= 11 is 3.37. The van der Waals surface area contributed by atoms with Crippen LogP contribution in [0, 0.1) is 13.8 Å². The Labute approximate surface area is 206 Å². The fourth-order valence-electron chi connectivity index (χ4n) is 3.97. The molecule has 34 heavy (non-hydrogen) atoms. The van der Waals surface area contributed by atoms with Gasteiger partial charge < -0.3 is 4.57 Å². The first-order valence-corrected chi connectivity index (χ1v) is 13.0. The zero-order valence-electron chi connectivity index (χ0n) is 19.1. The van der Waals surface area contributed by atoms with Gasteiger partial charge in [0.2, 0.25) is 0 Å². The van der Waals surface area contributed by atoms with E-state index in [9.17, 15) is 0 Å². The molecule has 0 amide bonds. The molecule has 9 heteroatoms. The first-order chi connectivity index (χ1) is 16.7. The lowest BCUT2D eigenvalue weighted by Crippen LogP contribution is -2.09. The van der Waals surface area contributed by atoms with Crippen LogP contribution in [0.2, 0.25) is 0 Å². The van der Waals surface area contributed by atoms with E-state index in [1.165, 1.54) is 10.4 Å². The third kappa shape index (κ3) is 4.95. The van der Waals surface area contributed by atoms with Crippen molar-refractivity contribution >= 4 is 23.1 Å². The maximum absolute atomic E-state index is 4.55. The Kier molecular flexibility index (Phi) is 6.82. The molecule has 0 unspecified atom stereocenters. The van der Waals surface area contributed by atoms with Crippen molar-refractivity contribution in [3.63, 3.8) is 0 Å². The van der Waals surface area contributed by atoms with Crippen LogP contribution in [0.25, 0.3) is 5.69 Å². The number of rotatable bonds is 9. The molecule has 2 aromatic carbocycles. The van der Waals surface area contributed by atoms with Gasteiger partial charge in [-0.05, 0) is 58.8 Å². The summed E-state index contributed by atoms with van der Waals surface area (Å²) in [4.78, 5) is 1.28. The van der Waals surface area contributed by atoms with Crippen LogP contribution >= 0.6 is 23.1 Å². The van der Waals surface area contributed by atoms with E-state index in [-0.39, 0.29) is 0 Å². The van der Waals surface area contributed by atoms with Gasteiger partial charge in [-0.15, -0.1) is 26.6 Å². The van der Waals surface area contributed by atoms with Crippen molar-refractivity contribution in [3.8, 4) is 5.69 Å². The molecule has 0 atom stereocenters. The van der Waals surface area contributed by atoms with E-state index in [1.54, 1.807) is 23.1 Å². The average Bonchev–Trinajstić information content (AvgIpc) is 3.60. The van der Waals surface area contributed by atoms with Gasteiger partial charge in [0, 0.05) is 17.8 Å². The van der Waals surface area contributed by atoms with Crippen LogP contribution < -0.4 is 0 Å². The zero-order chi connectivity index (χ0) is 23.3. The zero-order valence-corrected chi connectivity index (χ0v) is 20.8. The van der Waals surface area contributed by atoms with E-state index < -0.39 is 0 Å². The van der Waals surface area contributed by atoms with Gasteiger partial charge >= 0.3 is 0 Å². The average molecular weight is 488 g/mol. The molecule has 3 heterocycles. The lowest BCUT2D eigenvalue weighted by molar-refractivity contribution is 0.610. The number of tetrazole rings is 1. The number of thioether (sulfide) groups is 1. The van der Waals surface area contributed by atoms with E-state index in [0.717, 1.165) is 53.0 Å². The number of aromatic nitrogens is 7. The van der Waals surface area contributed by atoms with E-state index in [0.29, 0.717) is 5.75 Å². The normalized spacial score (nSPS) is 11.2. The standard InChI is InChI=1S/C25H25N7S2/c1-18-8-6-9-19(2)24(18)32-23(27-29-30-32)17-34-25-28-26-22(16-21-12-7-15-33-21)31(25)14-13-20-10-4-3-5-11-20/h3-12,15H,13-14,16-17H2,1-2H3. The third-order valence-corrected chi connectivity index (χ3v) is 7.53. The molecule has 5 aromatic rings. The minimum Gasteiger partial charge on any atom is -0.305 e. The molecular formula is C25H25N7S2. The predicted octanol–water partition coefficient (Wildman–Crippen LogP) is 5.06. The van der Waals surface area contributed by atoms with Gasteiger partial charge in [-0.1, -0.05) is 66.4 Å². The molecule has 0 spiro atoms. The van der Waals surface area contributed by atoms with Crippen LogP contribution in [0.5, 0.6) is 0 Å². The molecule has 0 radical (unpaired) electrons. The number of nitrogens with zero attached hydrogens (tertiary/aromatic N) is 7. The van der Waals surface area contributed by atoms with Crippen molar-refractivity contribution < 1.29 is 0 Å². The summed E-state index contributed by atoms with van der Waals surface area (Å²) < 4.78 is 4.08. The Bertz CT molecular complexity index is 1340. The molecule has 0 N–H and O–H groups in total. The number of benzene rings is 2. The summed E-state index contributed by atoms with van der Waals surface area (Å²) in [7, 11) is 0. The van der Waals surface area contributed by atoms with E-state index in [1.807, 2.05) is 10.7 Å². The summed E-state index contributed by atoms with van der Waals surface area (Å²) in [5.74, 6) is 2.37. The Morgan fingerprint density at radius 2 is 1.68 bits per heavy atom. The summed E-state index contributed by atoms with van der Waals surface area (Å²) in [5, 5.41) is 24.6. The summed E-state index contributed by atoms with van der Waals surface area (Å²) in [6.45, 7) is 4.98. The predicted molar refractivity (Wildman–Crippen MR) is 135 cm³/mol. The monoisotopic (exact) mass is 487 g/mol. The maximum atomic E-state index is 4.55. The highest BCUT2D eigenvalue weighted by Gasteiger charge is 2.17. The highest BCUT2D eigenvalue weighted by molar-refractivity contribution is 7.98. The molecule has 0 bridgehead atoms. The second-order valence-electron chi connectivity index (χ2n) is 8.08. The first kappa shape index (κ1) is 22.5. The maximum Gasteiger partial charge on any atom is 0.191 e. The minimum absolute atomic E-state index is 0.600. The Balaban J connectivity index is 1.39. The van der Waals surface area contributed by atoms with Crippen LogP contribution in [0.1, 0.15) is 33.2 Å². The highest BCUT2D eigenvalue weighted by Crippen LogP contribution is 2.26. The van der Waals surface area contributed by atoms with Crippen molar-refractivity contribution in [2.75, 3.05) is 0 Å². The van der Waals surface area contributed by atoms with Gasteiger partial charge in [0.1, 0.15) is 5.82 Å². The van der Waals surface area contributed by atoms with E-state index >= 15 is 0 Å². The molecular weight excluding hydrogens is 462 g/mol. The quantitative estimate of drug-likeness (QED) is 0.271. The summed E-state index contributed by atoms with van der Waals surface area (Å²) in [6.07, 6.45) is 1.70. The van der Waals surface area contributed by atoms with Crippen LogP contribution in [0.15, 0.2) is 71.2 Å². The molecule has 0 fully saturated rings. The first-order valence-electron chi connectivity index (χ1n) is 11.1. The molecule has 5 rings (SSSR count). The highest BCUT2D eigenvalue weighted by atomic mass is 32.2. The minimum atomic E-state index is 0.600. The van der Waals surface area contributed by atoms with Crippen LogP contribution in [0.4, 0.5) is 0 Å². The third-order valence-electron chi connectivity index (χ3n) is 5.69. The second-order valence-corrected chi connectivity index (χ2v) is 10.1. The summed E-state index contributed by atoms with van der Waals surface area (Å²) in [5.41, 5.74) is 4.62. The van der Waals surface area contributed by atoms with Crippen molar-refractivity contribution in [3.05, 3.63) is 99.3 Å². The van der Waals surface area contributed by atoms with Gasteiger partial charge in [0.25, 0.3) is 0 Å². The molecule has 3 aromatic heterocycles. The van der Waals surface area contributed by atoms with Crippen molar-refractivity contribution in [2.24, 2.45) is 0 Å². The van der Waals surface area contributed by atoms with Gasteiger partial charge in [-0.3, -0.25) is 0 Å². The summed E-state index contributed by atoms with van der Waals surface area (Å²) in [6, 6.07) is 21.0. The molecule has 0 aliphatic rings. The van der Waals surface area contributed by atoms with Crippen molar-refractivity contribution in [1.82, 2.24) is 35.0 Å². The molecule has 0 saturated heterocycles. The number of para-hydroxylation sites is 1. The van der Waals surface area contributed by atoms with Gasteiger partial charge in [0.15, 0.2) is 11.0 Å². The second kappa shape index (κ2) is 10.3. The van der Waals surface area contributed by atoms with Gasteiger partial charge in [-0.25, -0.2) is 0 Å². The molecule has 0 aliphatic heterocycles. The molecule has 0 aliphatic carbocycles. The lowest BCUT2D eigenvalue weighted by atomic mass is 10.1. The Morgan fingerprint density at radius 1 is 0.853 bits per heavy atom. The lowest BCUT2D eigenvalue weighted by Gasteiger charge is -2.12. The fraction of sp³-hybridized carbons (Fsp3) is 0.240. The number of aryl methyl sites for hydroxylation is 3. The van der Waals surface area contributed by atoms with E-state index in [4.69, 9.17) is 0 Å². The number of hydrogen-bond acceptors (Lipinski definition) is 7. The molecule has 0 saturated carbocycles. The van der Waals surface area contributed by atoms with Crippen LogP contribution in [-0.4, -0.2) is 35.0 Å². The van der Waals surface area contributed by atoms with Crippen molar-refractivity contribution in [1.29, 1.82) is 0 Å². The van der Waals surface area contributed by atoms with Crippen LogP contribution in [0.3, 0.4) is 0 Å². The fourth-order valence-corrected chi connectivity index (χ4v) is 5.56. The molecule has 7 nitrogen and oxygen atoms in total. The largest absolute Gasteiger partial charge is 0.305 e. The number of thiophene rings is 1. The van der Waals surface area contributed by atoms with Crippen LogP contribution in [-0.2, 0) is 25.1 Å². The van der Waals surface area contributed by atoms with Gasteiger partial charge in [-0.2, -0.15) is 4.68 Å². The molecule has 172 valence electrons. The van der Waals surface area contributed by atoms with Gasteiger partial charge in [0.05, 0.1) is 11.4 Å². The van der Waals surface area contributed by atoms with E-state index in [2.05, 4.69) is 104 Å². The Morgan fingerprint density at radius 3 is 2.44 bits per heavy atom. The van der Waals surface area contributed by atoms with Crippen molar-refractivity contribution in [2.45, 2.75) is 44.1 Å². The smallest absolute Gasteiger partial charge is 0.191 e. The SMILES string of the molecule is Cc1cccc(C)c1-n1nnnc1CSc1nnc(Cc2cccs2)n1CCc1ccccc1. The number of hydrogen-bond donors (Lipinski definition) is 0. The Hall–Kier alpha value is -3.30.